The van der Waals surface area contributed by atoms with E-state index in [1.807, 2.05) is 86.8 Å². The predicted octanol–water partition coefficient (Wildman–Crippen LogP) is 4.70. The zero-order chi connectivity index (χ0) is 27.4. The minimum Gasteiger partial charge on any atom is -0.497 e. The smallest absolute Gasteiger partial charge is 0.129 e. The number of nitrogens with zero attached hydrogens (tertiary/aromatic N) is 7. The normalized spacial score (nSPS) is 10.6. The highest BCUT2D eigenvalue weighted by Gasteiger charge is 2.14. The number of rotatable bonds is 7. The van der Waals surface area contributed by atoms with E-state index < -0.39 is 0 Å². The van der Waals surface area contributed by atoms with Crippen molar-refractivity contribution in [3.63, 3.8) is 0 Å². The van der Waals surface area contributed by atoms with Crippen LogP contribution < -0.4 is 19.3 Å². The second-order valence-corrected chi connectivity index (χ2v) is 9.07. The van der Waals surface area contributed by atoms with Crippen molar-refractivity contribution < 1.29 is 9.47 Å². The van der Waals surface area contributed by atoms with Gasteiger partial charge in [0.15, 0.2) is 0 Å². The molecule has 5 rings (SSSR count). The summed E-state index contributed by atoms with van der Waals surface area (Å²) in [5.74, 6) is 8.72. The summed E-state index contributed by atoms with van der Waals surface area (Å²) in [6, 6.07) is 17.6. The van der Waals surface area contributed by atoms with Crippen LogP contribution in [0.3, 0.4) is 0 Å². The first-order valence-electron chi connectivity index (χ1n) is 12.3. The minimum atomic E-state index is 0.394. The third kappa shape index (κ3) is 5.75. The molecule has 0 aliphatic rings. The van der Waals surface area contributed by atoms with E-state index in [9.17, 15) is 0 Å². The Hall–Kier alpha value is -5.10. The molecule has 0 spiro atoms. The molecular weight excluding hydrogens is 490 g/mol. The first kappa shape index (κ1) is 25.5. The molecule has 196 valence electrons. The molecule has 9 nitrogen and oxygen atoms in total. The lowest BCUT2D eigenvalue weighted by atomic mass is 10.2. The van der Waals surface area contributed by atoms with Gasteiger partial charge in [-0.15, -0.1) is 0 Å². The number of anilines is 3. The number of pyridine rings is 1. The molecule has 0 unspecified atom stereocenters. The number of ether oxygens (including phenoxy) is 2. The maximum atomic E-state index is 5.54. The van der Waals surface area contributed by atoms with Crippen LogP contribution in [0.25, 0.3) is 22.3 Å². The second kappa shape index (κ2) is 11.1. The Morgan fingerprint density at radius 1 is 0.872 bits per heavy atom. The molecule has 0 aliphatic carbocycles. The van der Waals surface area contributed by atoms with Crippen LogP contribution >= 0.6 is 0 Å². The van der Waals surface area contributed by atoms with Gasteiger partial charge in [0, 0.05) is 62.5 Å². The third-order valence-corrected chi connectivity index (χ3v) is 6.13. The van der Waals surface area contributed by atoms with Gasteiger partial charge in [0.2, 0.25) is 0 Å². The maximum Gasteiger partial charge on any atom is 0.129 e. The molecular formula is C30H29N7O2. The van der Waals surface area contributed by atoms with Gasteiger partial charge in [-0.2, -0.15) is 5.10 Å². The first-order valence-corrected chi connectivity index (χ1v) is 12.3. The van der Waals surface area contributed by atoms with E-state index in [0.717, 1.165) is 39.5 Å². The van der Waals surface area contributed by atoms with Crippen LogP contribution in [-0.4, -0.2) is 59.6 Å². The minimum absolute atomic E-state index is 0.394. The standard InChI is InChI=1S/C30H29N7O2/c1-35(2)30-10-6-8-22(33-30)9-7-13-37(24-14-25(38-4)17-26(15-24)39-5)23-11-12-27-28(16-23)34-29(19-31-27)21-18-32-36(3)20-21/h6,8,10-12,14-20H,13H2,1-5H3. The average molecular weight is 520 g/mol. The van der Waals surface area contributed by atoms with Crippen molar-refractivity contribution in [3.05, 3.63) is 78.9 Å². The fourth-order valence-corrected chi connectivity index (χ4v) is 4.09. The maximum absolute atomic E-state index is 5.54. The van der Waals surface area contributed by atoms with Gasteiger partial charge in [0.05, 0.1) is 49.9 Å². The third-order valence-electron chi connectivity index (χ3n) is 6.13. The zero-order valence-electron chi connectivity index (χ0n) is 22.6. The van der Waals surface area contributed by atoms with E-state index in [0.29, 0.717) is 23.7 Å². The number of methoxy groups -OCH3 is 2. The average Bonchev–Trinajstić information content (AvgIpc) is 3.40. The van der Waals surface area contributed by atoms with Crippen molar-refractivity contribution in [1.29, 1.82) is 0 Å². The molecule has 0 amide bonds. The van der Waals surface area contributed by atoms with Crippen LogP contribution in [0.15, 0.2) is 73.2 Å². The Labute approximate surface area is 227 Å². The summed E-state index contributed by atoms with van der Waals surface area (Å²) >= 11 is 0. The van der Waals surface area contributed by atoms with E-state index in [2.05, 4.69) is 31.8 Å². The Balaban J connectivity index is 1.56. The van der Waals surface area contributed by atoms with Gasteiger partial charge in [0.25, 0.3) is 0 Å². The molecule has 0 aliphatic heterocycles. The lowest BCUT2D eigenvalue weighted by Gasteiger charge is -2.24. The van der Waals surface area contributed by atoms with Crippen molar-refractivity contribution >= 4 is 28.2 Å². The van der Waals surface area contributed by atoms with E-state index in [4.69, 9.17) is 14.5 Å². The highest BCUT2D eigenvalue weighted by atomic mass is 16.5. The van der Waals surface area contributed by atoms with Crippen molar-refractivity contribution in [2.45, 2.75) is 0 Å². The molecule has 9 heteroatoms. The molecule has 3 heterocycles. The van der Waals surface area contributed by atoms with Gasteiger partial charge < -0.3 is 19.3 Å². The van der Waals surface area contributed by atoms with Crippen molar-refractivity contribution in [2.75, 3.05) is 44.7 Å². The summed E-state index contributed by atoms with van der Waals surface area (Å²) in [4.78, 5) is 18.2. The summed E-state index contributed by atoms with van der Waals surface area (Å²) in [5.41, 5.74) is 5.70. The molecule has 0 atom stereocenters. The van der Waals surface area contributed by atoms with Crippen LogP contribution in [0.4, 0.5) is 17.2 Å². The van der Waals surface area contributed by atoms with Crippen molar-refractivity contribution in [1.82, 2.24) is 24.7 Å². The SMILES string of the molecule is COc1cc(OC)cc(N(CC#Cc2cccc(N(C)C)n2)c2ccc3ncc(-c4cnn(C)c4)nc3c2)c1. The van der Waals surface area contributed by atoms with Crippen LogP contribution in [0, 0.1) is 11.8 Å². The van der Waals surface area contributed by atoms with Crippen LogP contribution in [-0.2, 0) is 7.05 Å². The Morgan fingerprint density at radius 2 is 1.67 bits per heavy atom. The second-order valence-electron chi connectivity index (χ2n) is 9.07. The highest BCUT2D eigenvalue weighted by molar-refractivity contribution is 5.83. The van der Waals surface area contributed by atoms with Gasteiger partial charge in [-0.1, -0.05) is 12.0 Å². The van der Waals surface area contributed by atoms with Gasteiger partial charge in [-0.05, 0) is 36.3 Å². The molecule has 2 aromatic carbocycles. The summed E-state index contributed by atoms with van der Waals surface area (Å²) in [5, 5.41) is 4.26. The van der Waals surface area contributed by atoms with Crippen LogP contribution in [0.2, 0.25) is 0 Å². The number of hydrogen-bond donors (Lipinski definition) is 0. The van der Waals surface area contributed by atoms with E-state index in [-0.39, 0.29) is 0 Å². The van der Waals surface area contributed by atoms with E-state index in [1.54, 1.807) is 31.3 Å². The van der Waals surface area contributed by atoms with Crippen molar-refractivity contribution in [3.8, 4) is 34.6 Å². The van der Waals surface area contributed by atoms with Gasteiger partial charge in [0.1, 0.15) is 23.0 Å². The molecule has 0 fully saturated rings. The molecule has 0 bridgehead atoms. The quantitative estimate of drug-likeness (QED) is 0.286. The lowest BCUT2D eigenvalue weighted by molar-refractivity contribution is 0.394. The van der Waals surface area contributed by atoms with Gasteiger partial charge >= 0.3 is 0 Å². The number of fused-ring (bicyclic) bond motifs is 1. The highest BCUT2D eigenvalue weighted by Crippen LogP contribution is 2.34. The van der Waals surface area contributed by atoms with E-state index >= 15 is 0 Å². The first-order chi connectivity index (χ1) is 18.9. The fourth-order valence-electron chi connectivity index (χ4n) is 4.09. The zero-order valence-corrected chi connectivity index (χ0v) is 22.6. The summed E-state index contributed by atoms with van der Waals surface area (Å²) in [6.07, 6.45) is 5.47. The predicted molar refractivity (Wildman–Crippen MR) is 154 cm³/mol. The lowest BCUT2D eigenvalue weighted by Crippen LogP contribution is -2.17. The Bertz CT molecular complexity index is 1660. The van der Waals surface area contributed by atoms with Crippen LogP contribution in [0.5, 0.6) is 11.5 Å². The summed E-state index contributed by atoms with van der Waals surface area (Å²) < 4.78 is 12.8. The van der Waals surface area contributed by atoms with E-state index in [1.165, 1.54) is 0 Å². The molecule has 0 N–H and O–H groups in total. The molecule has 0 radical (unpaired) electrons. The summed E-state index contributed by atoms with van der Waals surface area (Å²) in [6.45, 7) is 0.394. The molecule has 0 saturated carbocycles. The largest absolute Gasteiger partial charge is 0.497 e. The topological polar surface area (TPSA) is 81.4 Å². The molecule has 0 saturated heterocycles. The molecule has 3 aromatic heterocycles. The number of aryl methyl sites for hydroxylation is 1. The number of hydrogen-bond acceptors (Lipinski definition) is 8. The fraction of sp³-hybridized carbons (Fsp3) is 0.200. The van der Waals surface area contributed by atoms with Gasteiger partial charge in [-0.3, -0.25) is 9.67 Å². The molecule has 39 heavy (non-hydrogen) atoms. The monoisotopic (exact) mass is 519 g/mol. The summed E-state index contributed by atoms with van der Waals surface area (Å²) in [7, 11) is 9.07. The molecule has 5 aromatic rings. The van der Waals surface area contributed by atoms with Crippen molar-refractivity contribution in [2.24, 2.45) is 7.05 Å². The number of benzene rings is 2. The van der Waals surface area contributed by atoms with Crippen LogP contribution in [0.1, 0.15) is 5.69 Å². The number of aromatic nitrogens is 5. The van der Waals surface area contributed by atoms with Gasteiger partial charge in [-0.25, -0.2) is 9.97 Å². The Morgan fingerprint density at radius 3 is 2.36 bits per heavy atom. The Kier molecular flexibility index (Phi) is 7.28.